The molecule has 1 aromatic heterocycles. The first-order valence-electron chi connectivity index (χ1n) is 7.54. The van der Waals surface area contributed by atoms with Gasteiger partial charge in [0.05, 0.1) is 0 Å². The van der Waals surface area contributed by atoms with Crippen LogP contribution in [0.3, 0.4) is 0 Å². The summed E-state index contributed by atoms with van der Waals surface area (Å²) in [5.41, 5.74) is 1.20. The summed E-state index contributed by atoms with van der Waals surface area (Å²) in [6.45, 7) is 5.51. The summed E-state index contributed by atoms with van der Waals surface area (Å²) in [4.78, 5) is 12.0. The second kappa shape index (κ2) is 4.99. The molecule has 0 spiro atoms. The lowest BCUT2D eigenvalue weighted by atomic mass is 10.1. The van der Waals surface area contributed by atoms with E-state index in [-0.39, 0.29) is 0 Å². The molecule has 1 saturated carbocycles. The summed E-state index contributed by atoms with van der Waals surface area (Å²) in [6, 6.07) is 0.720. The molecule has 4 nitrogen and oxygen atoms in total. The van der Waals surface area contributed by atoms with Crippen molar-refractivity contribution in [2.24, 2.45) is 5.92 Å². The van der Waals surface area contributed by atoms with E-state index in [1.807, 2.05) is 7.05 Å². The number of nitrogens with zero attached hydrogens (tertiary/aromatic N) is 3. The first-order valence-corrected chi connectivity index (χ1v) is 7.54. The van der Waals surface area contributed by atoms with Crippen molar-refractivity contribution in [3.05, 3.63) is 11.4 Å². The van der Waals surface area contributed by atoms with Crippen LogP contribution in [0, 0.1) is 12.8 Å². The van der Waals surface area contributed by atoms with Gasteiger partial charge in [-0.1, -0.05) is 6.92 Å². The zero-order valence-corrected chi connectivity index (χ0v) is 12.2. The molecule has 2 unspecified atom stereocenters. The number of nitrogens with one attached hydrogen (secondary N) is 1. The van der Waals surface area contributed by atoms with Gasteiger partial charge in [0.15, 0.2) is 0 Å². The molecule has 0 aromatic carbocycles. The number of aromatic nitrogens is 2. The van der Waals surface area contributed by atoms with E-state index in [2.05, 4.69) is 29.0 Å². The van der Waals surface area contributed by atoms with Crippen LogP contribution in [0.4, 0.5) is 11.6 Å². The molecular formula is C15H24N4. The molecule has 2 bridgehead atoms. The summed E-state index contributed by atoms with van der Waals surface area (Å²) in [6.07, 6.45) is 6.17. The van der Waals surface area contributed by atoms with Crippen LogP contribution in [0.15, 0.2) is 0 Å². The third-order valence-corrected chi connectivity index (χ3v) is 4.56. The Balaban J connectivity index is 1.97. The minimum Gasteiger partial charge on any atom is -0.373 e. The molecule has 2 fully saturated rings. The molecule has 2 aliphatic rings. The van der Waals surface area contributed by atoms with Gasteiger partial charge in [-0.3, -0.25) is 0 Å². The summed E-state index contributed by atoms with van der Waals surface area (Å²) in [5, 5.41) is 3.22. The van der Waals surface area contributed by atoms with Gasteiger partial charge in [0.2, 0.25) is 0 Å². The number of hydrogen-bond acceptors (Lipinski definition) is 4. The first-order chi connectivity index (χ1) is 9.22. The van der Waals surface area contributed by atoms with Gasteiger partial charge in [-0.15, -0.1) is 0 Å². The molecule has 2 atom stereocenters. The van der Waals surface area contributed by atoms with Crippen molar-refractivity contribution in [1.82, 2.24) is 9.97 Å². The normalized spacial score (nSPS) is 25.1. The Morgan fingerprint density at radius 2 is 2.16 bits per heavy atom. The van der Waals surface area contributed by atoms with Crippen LogP contribution in [0.5, 0.6) is 0 Å². The van der Waals surface area contributed by atoms with Gasteiger partial charge in [0.25, 0.3) is 0 Å². The lowest BCUT2D eigenvalue weighted by molar-refractivity contribution is 0.548. The van der Waals surface area contributed by atoms with Gasteiger partial charge >= 0.3 is 0 Å². The van der Waals surface area contributed by atoms with Crippen molar-refractivity contribution in [3.63, 3.8) is 0 Å². The van der Waals surface area contributed by atoms with Crippen molar-refractivity contribution < 1.29 is 0 Å². The van der Waals surface area contributed by atoms with E-state index in [1.54, 1.807) is 0 Å². The molecule has 19 heavy (non-hydrogen) atoms. The van der Waals surface area contributed by atoms with Crippen LogP contribution >= 0.6 is 0 Å². The highest BCUT2D eigenvalue weighted by atomic mass is 15.3. The zero-order chi connectivity index (χ0) is 13.4. The summed E-state index contributed by atoms with van der Waals surface area (Å²) in [5.74, 6) is 4.05. The average molecular weight is 260 g/mol. The van der Waals surface area contributed by atoms with Crippen LogP contribution < -0.4 is 10.2 Å². The highest BCUT2D eigenvalue weighted by Crippen LogP contribution is 2.41. The number of fused-ring (bicyclic) bond motifs is 2. The van der Waals surface area contributed by atoms with Crippen molar-refractivity contribution in [2.75, 3.05) is 23.8 Å². The van der Waals surface area contributed by atoms with Crippen LogP contribution in [-0.2, 0) is 6.42 Å². The lowest BCUT2D eigenvalue weighted by Crippen LogP contribution is -2.33. The standard InChI is InChI=1S/C15H24N4/c1-4-5-13-17-14(16-3)10(2)15(18-13)19-9-11-6-7-12(19)8-11/h11-12H,4-9H2,1-3H3,(H,16,17,18). The molecule has 4 heteroatoms. The Morgan fingerprint density at radius 1 is 1.32 bits per heavy atom. The summed E-state index contributed by atoms with van der Waals surface area (Å²) >= 11 is 0. The fourth-order valence-electron chi connectivity index (χ4n) is 3.59. The monoisotopic (exact) mass is 260 g/mol. The highest BCUT2D eigenvalue weighted by molar-refractivity contribution is 5.59. The maximum atomic E-state index is 4.85. The van der Waals surface area contributed by atoms with Crippen LogP contribution in [0.2, 0.25) is 0 Å². The van der Waals surface area contributed by atoms with Crippen molar-refractivity contribution in [1.29, 1.82) is 0 Å². The second-order valence-corrected chi connectivity index (χ2v) is 5.92. The Hall–Kier alpha value is -1.32. The SMILES string of the molecule is CCCc1nc(NC)c(C)c(N2CC3CCC2C3)n1. The highest BCUT2D eigenvalue weighted by Gasteiger charge is 2.39. The fourth-order valence-corrected chi connectivity index (χ4v) is 3.59. The van der Waals surface area contributed by atoms with E-state index in [0.717, 1.165) is 36.4 Å². The number of hydrogen-bond donors (Lipinski definition) is 1. The van der Waals surface area contributed by atoms with Gasteiger partial charge in [-0.25, -0.2) is 9.97 Å². The van der Waals surface area contributed by atoms with E-state index in [9.17, 15) is 0 Å². The third kappa shape index (κ3) is 2.17. The molecule has 104 valence electrons. The number of aryl methyl sites for hydroxylation is 1. The minimum atomic E-state index is 0.720. The van der Waals surface area contributed by atoms with Gasteiger partial charge < -0.3 is 10.2 Å². The molecular weight excluding hydrogens is 236 g/mol. The maximum absolute atomic E-state index is 4.85. The van der Waals surface area contributed by atoms with E-state index in [1.165, 1.54) is 37.2 Å². The average Bonchev–Trinajstić information content (AvgIpc) is 3.03. The van der Waals surface area contributed by atoms with E-state index >= 15 is 0 Å². The molecule has 0 amide bonds. The predicted molar refractivity (Wildman–Crippen MR) is 78.8 cm³/mol. The predicted octanol–water partition coefficient (Wildman–Crippen LogP) is 2.77. The first kappa shape index (κ1) is 12.7. The van der Waals surface area contributed by atoms with E-state index < -0.39 is 0 Å². The van der Waals surface area contributed by atoms with E-state index in [4.69, 9.17) is 4.98 Å². The molecule has 0 radical (unpaired) electrons. The zero-order valence-electron chi connectivity index (χ0n) is 12.2. The lowest BCUT2D eigenvalue weighted by Gasteiger charge is -2.30. The second-order valence-electron chi connectivity index (χ2n) is 5.92. The number of anilines is 2. The third-order valence-electron chi connectivity index (χ3n) is 4.56. The number of piperidine rings is 1. The summed E-state index contributed by atoms with van der Waals surface area (Å²) < 4.78 is 0. The minimum absolute atomic E-state index is 0.720. The topological polar surface area (TPSA) is 41.1 Å². The van der Waals surface area contributed by atoms with Crippen molar-refractivity contribution in [3.8, 4) is 0 Å². The van der Waals surface area contributed by atoms with E-state index in [0.29, 0.717) is 0 Å². The largest absolute Gasteiger partial charge is 0.373 e. The molecule has 1 N–H and O–H groups in total. The molecule has 1 aliphatic carbocycles. The smallest absolute Gasteiger partial charge is 0.137 e. The molecule has 2 heterocycles. The Labute approximate surface area is 115 Å². The van der Waals surface area contributed by atoms with Gasteiger partial charge in [-0.05, 0) is 38.5 Å². The Morgan fingerprint density at radius 3 is 2.74 bits per heavy atom. The molecule has 1 aliphatic heterocycles. The summed E-state index contributed by atoms with van der Waals surface area (Å²) in [7, 11) is 1.95. The maximum Gasteiger partial charge on any atom is 0.137 e. The van der Waals surface area contributed by atoms with Gasteiger partial charge in [0.1, 0.15) is 17.5 Å². The van der Waals surface area contributed by atoms with Gasteiger partial charge in [0, 0.05) is 31.6 Å². The Bertz CT molecular complexity index is 471. The van der Waals surface area contributed by atoms with Crippen LogP contribution in [0.1, 0.15) is 44.0 Å². The van der Waals surface area contributed by atoms with Crippen LogP contribution in [-0.4, -0.2) is 29.6 Å². The van der Waals surface area contributed by atoms with Crippen molar-refractivity contribution >= 4 is 11.6 Å². The van der Waals surface area contributed by atoms with Crippen LogP contribution in [0.25, 0.3) is 0 Å². The number of rotatable bonds is 4. The molecule has 1 aromatic rings. The quantitative estimate of drug-likeness (QED) is 0.904. The van der Waals surface area contributed by atoms with Crippen molar-refractivity contribution in [2.45, 2.75) is 52.0 Å². The molecule has 1 saturated heterocycles. The molecule has 3 rings (SSSR count). The fraction of sp³-hybridized carbons (Fsp3) is 0.733. The van der Waals surface area contributed by atoms with Gasteiger partial charge in [-0.2, -0.15) is 0 Å². The Kier molecular flexibility index (Phi) is 3.33.